The zero-order valence-electron chi connectivity index (χ0n) is 15.2. The standard InChI is InChI=1S/C18H14F3N7O2/c19-18(20,21)11-3-13(6-22-4-11)30-14-8-28(9-14)15-7-23-10-24-16(15)17(29)27-12-1-2-25-26-5-12/h1-7,10,14H,8-9H2,(H,25,27,29). The molecule has 0 aromatic carbocycles. The third kappa shape index (κ3) is 4.26. The number of hydrogen-bond donors (Lipinski definition) is 1. The van der Waals surface area contributed by atoms with Gasteiger partial charge < -0.3 is 15.0 Å². The van der Waals surface area contributed by atoms with E-state index in [2.05, 4.69) is 30.5 Å². The average molecular weight is 417 g/mol. The number of hydrogen-bond acceptors (Lipinski definition) is 8. The van der Waals surface area contributed by atoms with Crippen LogP contribution in [0.25, 0.3) is 0 Å². The van der Waals surface area contributed by atoms with Crippen LogP contribution in [0.5, 0.6) is 5.75 Å². The summed E-state index contributed by atoms with van der Waals surface area (Å²) in [7, 11) is 0. The molecule has 4 heterocycles. The summed E-state index contributed by atoms with van der Waals surface area (Å²) in [5.41, 5.74) is 0.221. The summed E-state index contributed by atoms with van der Waals surface area (Å²) in [6.07, 6.45) is 2.70. The van der Waals surface area contributed by atoms with Crippen molar-refractivity contribution in [3.63, 3.8) is 0 Å². The minimum Gasteiger partial charge on any atom is -0.485 e. The molecule has 0 spiro atoms. The predicted molar refractivity (Wildman–Crippen MR) is 97.9 cm³/mol. The van der Waals surface area contributed by atoms with E-state index in [0.29, 0.717) is 24.5 Å². The van der Waals surface area contributed by atoms with Crippen molar-refractivity contribution in [3.8, 4) is 5.75 Å². The Hall–Kier alpha value is -3.83. The molecule has 0 atom stereocenters. The van der Waals surface area contributed by atoms with Gasteiger partial charge in [0.2, 0.25) is 0 Å². The van der Waals surface area contributed by atoms with Crippen LogP contribution in [0.15, 0.2) is 49.4 Å². The molecule has 0 unspecified atom stereocenters. The largest absolute Gasteiger partial charge is 0.485 e. The van der Waals surface area contributed by atoms with Crippen molar-refractivity contribution in [1.29, 1.82) is 0 Å². The Morgan fingerprint density at radius 3 is 2.70 bits per heavy atom. The maximum absolute atomic E-state index is 12.8. The number of amides is 1. The van der Waals surface area contributed by atoms with E-state index in [0.717, 1.165) is 12.3 Å². The van der Waals surface area contributed by atoms with Gasteiger partial charge in [-0.15, -0.1) is 0 Å². The van der Waals surface area contributed by atoms with Crippen LogP contribution in [0.3, 0.4) is 0 Å². The normalized spacial score (nSPS) is 14.2. The van der Waals surface area contributed by atoms with E-state index in [4.69, 9.17) is 4.74 Å². The highest BCUT2D eigenvalue weighted by atomic mass is 19.4. The van der Waals surface area contributed by atoms with E-state index in [9.17, 15) is 18.0 Å². The quantitative estimate of drug-likeness (QED) is 0.674. The van der Waals surface area contributed by atoms with E-state index in [1.165, 1.54) is 31.1 Å². The van der Waals surface area contributed by atoms with E-state index < -0.39 is 17.6 Å². The van der Waals surface area contributed by atoms with Gasteiger partial charge in [-0.2, -0.15) is 23.4 Å². The molecule has 3 aromatic heterocycles. The topological polar surface area (TPSA) is 106 Å². The number of nitrogens with one attached hydrogen (secondary N) is 1. The lowest BCUT2D eigenvalue weighted by Gasteiger charge is -2.40. The number of pyridine rings is 1. The lowest BCUT2D eigenvalue weighted by Crippen LogP contribution is -2.54. The van der Waals surface area contributed by atoms with Crippen LogP contribution in [-0.4, -0.2) is 50.2 Å². The second kappa shape index (κ2) is 7.89. The molecule has 0 saturated carbocycles. The summed E-state index contributed by atoms with van der Waals surface area (Å²) >= 11 is 0. The number of halogens is 3. The lowest BCUT2D eigenvalue weighted by molar-refractivity contribution is -0.138. The van der Waals surface area contributed by atoms with Gasteiger partial charge in [-0.25, -0.2) is 9.97 Å². The van der Waals surface area contributed by atoms with E-state index in [-0.39, 0.29) is 17.5 Å². The molecule has 4 rings (SSSR count). The number of anilines is 2. The number of carbonyl (C=O) groups excluding carboxylic acids is 1. The lowest BCUT2D eigenvalue weighted by atomic mass is 10.1. The van der Waals surface area contributed by atoms with Crippen molar-refractivity contribution in [3.05, 3.63) is 60.7 Å². The molecule has 0 radical (unpaired) electrons. The van der Waals surface area contributed by atoms with E-state index in [1.54, 1.807) is 11.0 Å². The molecule has 3 aromatic rings. The molecule has 1 saturated heterocycles. The van der Waals surface area contributed by atoms with E-state index in [1.807, 2.05) is 0 Å². The highest BCUT2D eigenvalue weighted by molar-refractivity contribution is 6.06. The molecule has 9 nitrogen and oxygen atoms in total. The number of ether oxygens (including phenoxy) is 1. The van der Waals surface area contributed by atoms with Gasteiger partial charge in [-0.3, -0.25) is 9.78 Å². The first kappa shape index (κ1) is 19.5. The average Bonchev–Trinajstić information content (AvgIpc) is 2.71. The van der Waals surface area contributed by atoms with E-state index >= 15 is 0 Å². The van der Waals surface area contributed by atoms with Gasteiger partial charge in [-0.05, 0) is 12.1 Å². The molecule has 0 bridgehead atoms. The summed E-state index contributed by atoms with van der Waals surface area (Å²) in [5, 5.41) is 10.00. The minimum absolute atomic E-state index is 0.0296. The fraction of sp³-hybridized carbons (Fsp3) is 0.222. The number of rotatable bonds is 5. The molecule has 154 valence electrons. The van der Waals surface area contributed by atoms with Crippen molar-refractivity contribution in [2.45, 2.75) is 12.3 Å². The molecule has 1 amide bonds. The number of nitrogens with zero attached hydrogens (tertiary/aromatic N) is 6. The van der Waals surface area contributed by atoms with Gasteiger partial charge in [0.15, 0.2) is 5.69 Å². The molecular weight excluding hydrogens is 403 g/mol. The fourth-order valence-electron chi connectivity index (χ4n) is 2.82. The molecule has 1 N–H and O–H groups in total. The second-order valence-electron chi connectivity index (χ2n) is 6.39. The summed E-state index contributed by atoms with van der Waals surface area (Å²) in [6, 6.07) is 2.49. The first-order chi connectivity index (χ1) is 14.4. The molecule has 0 aliphatic carbocycles. The van der Waals surface area contributed by atoms with Crippen LogP contribution in [0.2, 0.25) is 0 Å². The molecule has 30 heavy (non-hydrogen) atoms. The minimum atomic E-state index is -4.49. The zero-order valence-corrected chi connectivity index (χ0v) is 15.2. The van der Waals surface area contributed by atoms with Gasteiger partial charge in [0, 0.05) is 6.20 Å². The third-order valence-corrected chi connectivity index (χ3v) is 4.28. The summed E-state index contributed by atoms with van der Waals surface area (Å²) in [6.45, 7) is 0.696. The van der Waals surface area contributed by atoms with Gasteiger partial charge in [0.1, 0.15) is 18.2 Å². The highest BCUT2D eigenvalue weighted by Gasteiger charge is 2.34. The Bertz CT molecular complexity index is 1040. The van der Waals surface area contributed by atoms with Crippen LogP contribution in [0.1, 0.15) is 16.1 Å². The zero-order chi connectivity index (χ0) is 21.1. The Kier molecular flexibility index (Phi) is 5.12. The summed E-state index contributed by atoms with van der Waals surface area (Å²) in [4.78, 5) is 25.9. The van der Waals surface area contributed by atoms with Crippen LogP contribution in [0, 0.1) is 0 Å². The molecule has 1 aliphatic rings. The number of alkyl halides is 3. The van der Waals surface area contributed by atoms with Gasteiger partial charge in [0.25, 0.3) is 5.91 Å². The van der Waals surface area contributed by atoms with Crippen LogP contribution < -0.4 is 15.0 Å². The molecule has 1 aliphatic heterocycles. The smallest absolute Gasteiger partial charge is 0.418 e. The molecule has 1 fully saturated rings. The highest BCUT2D eigenvalue weighted by Crippen LogP contribution is 2.32. The molecule has 12 heteroatoms. The maximum Gasteiger partial charge on any atom is 0.418 e. The molecular formula is C18H14F3N7O2. The second-order valence-corrected chi connectivity index (χ2v) is 6.39. The van der Waals surface area contributed by atoms with Gasteiger partial charge >= 0.3 is 6.18 Å². The number of aromatic nitrogens is 5. The fourth-order valence-corrected chi connectivity index (χ4v) is 2.82. The van der Waals surface area contributed by atoms with Crippen molar-refractivity contribution < 1.29 is 22.7 Å². The van der Waals surface area contributed by atoms with Crippen LogP contribution >= 0.6 is 0 Å². The van der Waals surface area contributed by atoms with Crippen molar-refractivity contribution in [2.75, 3.05) is 23.3 Å². The van der Waals surface area contributed by atoms with Crippen molar-refractivity contribution in [1.82, 2.24) is 25.1 Å². The Labute approximate surface area is 168 Å². The van der Waals surface area contributed by atoms with Crippen LogP contribution in [0.4, 0.5) is 24.5 Å². The first-order valence-electron chi connectivity index (χ1n) is 8.72. The van der Waals surface area contributed by atoms with Gasteiger partial charge in [-0.1, -0.05) is 0 Å². The predicted octanol–water partition coefficient (Wildman–Crippen LogP) is 2.20. The Morgan fingerprint density at radius 2 is 1.97 bits per heavy atom. The first-order valence-corrected chi connectivity index (χ1v) is 8.72. The monoisotopic (exact) mass is 417 g/mol. The Morgan fingerprint density at radius 1 is 1.13 bits per heavy atom. The number of carbonyl (C=O) groups is 1. The van der Waals surface area contributed by atoms with Gasteiger partial charge in [0.05, 0.1) is 54.8 Å². The third-order valence-electron chi connectivity index (χ3n) is 4.28. The maximum atomic E-state index is 12.8. The summed E-state index contributed by atoms with van der Waals surface area (Å²) in [5.74, 6) is -0.422. The summed E-state index contributed by atoms with van der Waals surface area (Å²) < 4.78 is 44.0. The SMILES string of the molecule is O=C(Nc1ccnnc1)c1ncncc1N1CC(Oc2cncc(C(F)(F)F)c2)C1. The van der Waals surface area contributed by atoms with Crippen molar-refractivity contribution >= 4 is 17.3 Å². The Balaban J connectivity index is 1.41. The van der Waals surface area contributed by atoms with Crippen LogP contribution in [-0.2, 0) is 6.18 Å². The van der Waals surface area contributed by atoms with Crippen molar-refractivity contribution in [2.24, 2.45) is 0 Å².